The topological polar surface area (TPSA) is 117 Å². The van der Waals surface area contributed by atoms with Crippen molar-refractivity contribution in [2.75, 3.05) is 23.8 Å². The molecule has 0 spiro atoms. The normalized spacial score (nSPS) is 16.6. The van der Waals surface area contributed by atoms with Crippen molar-refractivity contribution >= 4 is 39.4 Å². The molecule has 1 aromatic heterocycles. The lowest BCUT2D eigenvalue weighted by molar-refractivity contribution is 0.0694. The molecule has 25 heavy (non-hydrogen) atoms. The number of carboxylic acid groups (broad SMARTS) is 1. The lowest BCUT2D eigenvalue weighted by Crippen LogP contribution is -2.19. The Morgan fingerprint density at radius 1 is 1.44 bits per heavy atom. The fourth-order valence-electron chi connectivity index (χ4n) is 2.48. The Balaban J connectivity index is 1.73. The minimum absolute atomic E-state index is 0.175. The number of rotatable bonds is 6. The largest absolute Gasteiger partial charge is 0.507 e. The average Bonchev–Trinajstić information content (AvgIpc) is 3.10. The van der Waals surface area contributed by atoms with E-state index in [0.717, 1.165) is 19.4 Å². The van der Waals surface area contributed by atoms with Crippen molar-refractivity contribution in [3.63, 3.8) is 0 Å². The van der Waals surface area contributed by atoms with Crippen molar-refractivity contribution in [2.45, 2.75) is 18.9 Å². The van der Waals surface area contributed by atoms with Crippen molar-refractivity contribution < 1.29 is 19.7 Å². The predicted molar refractivity (Wildman–Crippen MR) is 95.5 cm³/mol. The number of hydrogen-bond donors (Lipinski definition) is 4. The van der Waals surface area contributed by atoms with Gasteiger partial charge in [-0.05, 0) is 47.0 Å². The number of anilines is 3. The fourth-order valence-corrected chi connectivity index (χ4v) is 2.81. The zero-order valence-corrected chi connectivity index (χ0v) is 14.8. The molecule has 0 amide bonds. The molecule has 8 nitrogen and oxygen atoms in total. The van der Waals surface area contributed by atoms with Crippen LogP contribution < -0.4 is 10.6 Å². The Kier molecular flexibility index (Phi) is 5.34. The highest BCUT2D eigenvalue weighted by atomic mass is 79.9. The van der Waals surface area contributed by atoms with E-state index in [9.17, 15) is 9.90 Å². The SMILES string of the molecule is O=C(O)c1cc(Nc2ncc(Br)c(NCC3CCCO3)n2)ccc1O. The maximum Gasteiger partial charge on any atom is 0.339 e. The van der Waals surface area contributed by atoms with E-state index in [4.69, 9.17) is 9.84 Å². The number of aromatic carboxylic acids is 1. The minimum atomic E-state index is -1.21. The molecule has 1 saturated heterocycles. The van der Waals surface area contributed by atoms with Gasteiger partial charge in [0.2, 0.25) is 5.95 Å². The molecular weight excluding hydrogens is 392 g/mol. The summed E-state index contributed by atoms with van der Waals surface area (Å²) in [5.74, 6) is -0.587. The van der Waals surface area contributed by atoms with E-state index in [-0.39, 0.29) is 17.4 Å². The monoisotopic (exact) mass is 408 g/mol. The number of ether oxygens (including phenoxy) is 1. The van der Waals surface area contributed by atoms with Gasteiger partial charge in [-0.25, -0.2) is 9.78 Å². The van der Waals surface area contributed by atoms with Gasteiger partial charge in [-0.2, -0.15) is 4.98 Å². The zero-order chi connectivity index (χ0) is 17.8. The lowest BCUT2D eigenvalue weighted by atomic mass is 10.2. The van der Waals surface area contributed by atoms with Crippen LogP contribution in [-0.2, 0) is 4.74 Å². The molecule has 0 aliphatic carbocycles. The number of halogens is 1. The number of aromatic hydroxyl groups is 1. The number of aromatic nitrogens is 2. The first-order chi connectivity index (χ1) is 12.0. The molecule has 3 rings (SSSR count). The van der Waals surface area contributed by atoms with E-state index >= 15 is 0 Å². The molecule has 9 heteroatoms. The summed E-state index contributed by atoms with van der Waals surface area (Å²) in [6, 6.07) is 4.18. The number of nitrogens with one attached hydrogen (secondary N) is 2. The van der Waals surface area contributed by atoms with Gasteiger partial charge in [-0.1, -0.05) is 0 Å². The maximum absolute atomic E-state index is 11.1. The second-order valence-corrected chi connectivity index (χ2v) is 6.42. The first-order valence-corrected chi connectivity index (χ1v) is 8.53. The molecule has 1 aliphatic heterocycles. The maximum atomic E-state index is 11.1. The average molecular weight is 409 g/mol. The smallest absolute Gasteiger partial charge is 0.339 e. The summed E-state index contributed by atoms with van der Waals surface area (Å²) in [6.45, 7) is 1.44. The van der Waals surface area contributed by atoms with E-state index in [1.807, 2.05) is 0 Å². The summed E-state index contributed by atoms with van der Waals surface area (Å²) in [4.78, 5) is 19.6. The number of carboxylic acids is 1. The van der Waals surface area contributed by atoms with Crippen LogP contribution in [0.15, 0.2) is 28.9 Å². The third kappa shape index (κ3) is 4.37. The van der Waals surface area contributed by atoms with Crippen molar-refractivity contribution in [3.8, 4) is 5.75 Å². The second-order valence-electron chi connectivity index (χ2n) is 5.57. The summed E-state index contributed by atoms with van der Waals surface area (Å²) in [7, 11) is 0. The second kappa shape index (κ2) is 7.66. The summed E-state index contributed by atoms with van der Waals surface area (Å²) in [6.07, 6.45) is 3.86. The van der Waals surface area contributed by atoms with E-state index in [0.29, 0.717) is 28.5 Å². The molecule has 1 aromatic carbocycles. The quantitative estimate of drug-likeness (QED) is 0.538. The first kappa shape index (κ1) is 17.4. The van der Waals surface area contributed by atoms with Gasteiger partial charge in [0.15, 0.2) is 0 Å². The molecule has 1 fully saturated rings. The number of hydrogen-bond acceptors (Lipinski definition) is 7. The molecule has 1 unspecified atom stereocenters. The lowest BCUT2D eigenvalue weighted by Gasteiger charge is -2.13. The van der Waals surface area contributed by atoms with Gasteiger partial charge < -0.3 is 25.6 Å². The van der Waals surface area contributed by atoms with Gasteiger partial charge in [0, 0.05) is 25.0 Å². The van der Waals surface area contributed by atoms with Crippen molar-refractivity contribution in [1.82, 2.24) is 9.97 Å². The van der Waals surface area contributed by atoms with Gasteiger partial charge in [-0.3, -0.25) is 0 Å². The molecule has 1 aliphatic rings. The van der Waals surface area contributed by atoms with Gasteiger partial charge in [0.05, 0.1) is 10.6 Å². The van der Waals surface area contributed by atoms with E-state index in [2.05, 4.69) is 36.5 Å². The highest BCUT2D eigenvalue weighted by Gasteiger charge is 2.16. The Morgan fingerprint density at radius 2 is 2.28 bits per heavy atom. The number of carbonyl (C=O) groups is 1. The fraction of sp³-hybridized carbons (Fsp3) is 0.312. The van der Waals surface area contributed by atoms with Crippen molar-refractivity contribution in [3.05, 3.63) is 34.4 Å². The van der Waals surface area contributed by atoms with Crippen LogP contribution in [0.1, 0.15) is 23.2 Å². The molecular formula is C16H17BrN4O4. The third-order valence-corrected chi connectivity index (χ3v) is 4.33. The highest BCUT2D eigenvalue weighted by Crippen LogP contribution is 2.25. The van der Waals surface area contributed by atoms with Crippen LogP contribution in [0.3, 0.4) is 0 Å². The van der Waals surface area contributed by atoms with Crippen LogP contribution in [0.4, 0.5) is 17.5 Å². The molecule has 4 N–H and O–H groups in total. The van der Waals surface area contributed by atoms with Gasteiger partial charge in [0.25, 0.3) is 0 Å². The molecule has 2 heterocycles. The molecule has 1 atom stereocenters. The Hall–Kier alpha value is -2.39. The van der Waals surface area contributed by atoms with Gasteiger partial charge in [-0.15, -0.1) is 0 Å². The number of nitrogens with zero attached hydrogens (tertiary/aromatic N) is 2. The third-order valence-electron chi connectivity index (χ3n) is 3.75. The van der Waals surface area contributed by atoms with Gasteiger partial charge >= 0.3 is 5.97 Å². The molecule has 0 radical (unpaired) electrons. The van der Waals surface area contributed by atoms with Crippen LogP contribution in [0.25, 0.3) is 0 Å². The van der Waals surface area contributed by atoms with Crippen LogP contribution in [-0.4, -0.2) is 45.4 Å². The molecule has 2 aromatic rings. The summed E-state index contributed by atoms with van der Waals surface area (Å²) >= 11 is 3.40. The number of benzene rings is 1. The van der Waals surface area contributed by atoms with Crippen LogP contribution in [0, 0.1) is 0 Å². The standard InChI is InChI=1S/C16H17BrN4O4/c17-12-8-19-16(21-14(12)18-7-10-2-1-5-25-10)20-9-3-4-13(22)11(6-9)15(23)24/h3-4,6,8,10,22H,1-2,5,7H2,(H,23,24)(H2,18,19,20,21). The Bertz CT molecular complexity index is 781. The minimum Gasteiger partial charge on any atom is -0.507 e. The van der Waals surface area contributed by atoms with E-state index in [1.54, 1.807) is 12.3 Å². The molecule has 132 valence electrons. The van der Waals surface area contributed by atoms with Crippen LogP contribution >= 0.6 is 15.9 Å². The van der Waals surface area contributed by atoms with Crippen molar-refractivity contribution in [2.24, 2.45) is 0 Å². The van der Waals surface area contributed by atoms with Crippen LogP contribution in [0.5, 0.6) is 5.75 Å². The highest BCUT2D eigenvalue weighted by molar-refractivity contribution is 9.10. The Labute approximate surface area is 152 Å². The summed E-state index contributed by atoms with van der Waals surface area (Å²) in [5, 5.41) is 24.8. The van der Waals surface area contributed by atoms with E-state index in [1.165, 1.54) is 12.1 Å². The summed E-state index contributed by atoms with van der Waals surface area (Å²) in [5.41, 5.74) is 0.265. The predicted octanol–water partition coefficient (Wildman–Crippen LogP) is 2.98. The first-order valence-electron chi connectivity index (χ1n) is 7.74. The molecule has 0 saturated carbocycles. The number of phenols is 1. The Morgan fingerprint density at radius 3 is 3.00 bits per heavy atom. The van der Waals surface area contributed by atoms with E-state index < -0.39 is 5.97 Å². The van der Waals surface area contributed by atoms with Gasteiger partial charge in [0.1, 0.15) is 17.1 Å². The molecule has 0 bridgehead atoms. The van der Waals surface area contributed by atoms with Crippen LogP contribution in [0.2, 0.25) is 0 Å². The summed E-state index contributed by atoms with van der Waals surface area (Å²) < 4.78 is 6.29. The van der Waals surface area contributed by atoms with Crippen molar-refractivity contribution in [1.29, 1.82) is 0 Å². The zero-order valence-electron chi connectivity index (χ0n) is 13.2.